The first kappa shape index (κ1) is 14.9. The molecule has 1 aliphatic rings. The number of likely N-dealkylation sites (tertiary alicyclic amines) is 1. The van der Waals surface area contributed by atoms with Crippen LogP contribution in [0.3, 0.4) is 0 Å². The summed E-state index contributed by atoms with van der Waals surface area (Å²) >= 11 is 0. The molecule has 110 valence electrons. The molecule has 0 spiro atoms. The largest absolute Gasteiger partial charge is 0.496 e. The van der Waals surface area contributed by atoms with Gasteiger partial charge < -0.3 is 14.7 Å². The van der Waals surface area contributed by atoms with Gasteiger partial charge in [0.25, 0.3) is 0 Å². The van der Waals surface area contributed by atoms with E-state index >= 15 is 0 Å². The predicted octanol–water partition coefficient (Wildman–Crippen LogP) is 1.78. The summed E-state index contributed by atoms with van der Waals surface area (Å²) in [4.78, 5) is 14.3. The van der Waals surface area contributed by atoms with E-state index in [2.05, 4.69) is 0 Å². The minimum atomic E-state index is 0.148. The van der Waals surface area contributed by atoms with Gasteiger partial charge in [0.05, 0.1) is 13.5 Å². The number of aliphatic hydroxyl groups excluding tert-OH is 1. The number of aryl methyl sites for hydroxylation is 1. The first-order valence-corrected chi connectivity index (χ1v) is 7.16. The van der Waals surface area contributed by atoms with Crippen LogP contribution in [-0.4, -0.2) is 42.7 Å². The Hall–Kier alpha value is -1.55. The average Bonchev–Trinajstić information content (AvgIpc) is 2.88. The summed E-state index contributed by atoms with van der Waals surface area (Å²) in [6, 6.07) is 5.91. The second kappa shape index (κ2) is 6.75. The SMILES string of the molecule is COc1ccc(C)cc1CC(=O)N1CCC(CCO)C1. The molecule has 1 amide bonds. The van der Waals surface area contributed by atoms with Gasteiger partial charge >= 0.3 is 0 Å². The molecular formula is C16H23NO3. The van der Waals surface area contributed by atoms with Gasteiger partial charge in [0.2, 0.25) is 5.91 Å². The number of carbonyl (C=O) groups is 1. The molecule has 0 saturated carbocycles. The van der Waals surface area contributed by atoms with Crippen LogP contribution in [0.2, 0.25) is 0 Å². The molecule has 2 rings (SSSR count). The van der Waals surface area contributed by atoms with E-state index in [0.29, 0.717) is 12.3 Å². The van der Waals surface area contributed by atoms with E-state index < -0.39 is 0 Å². The van der Waals surface area contributed by atoms with Crippen LogP contribution >= 0.6 is 0 Å². The van der Waals surface area contributed by atoms with E-state index in [1.54, 1.807) is 7.11 Å². The zero-order chi connectivity index (χ0) is 14.5. The minimum Gasteiger partial charge on any atom is -0.496 e. The number of nitrogens with zero attached hydrogens (tertiary/aromatic N) is 1. The zero-order valence-corrected chi connectivity index (χ0v) is 12.3. The zero-order valence-electron chi connectivity index (χ0n) is 12.3. The van der Waals surface area contributed by atoms with Crippen LogP contribution in [0.1, 0.15) is 24.0 Å². The van der Waals surface area contributed by atoms with Gasteiger partial charge in [-0.3, -0.25) is 4.79 Å². The Bertz CT molecular complexity index is 473. The van der Waals surface area contributed by atoms with E-state index in [4.69, 9.17) is 9.84 Å². The Labute approximate surface area is 120 Å². The van der Waals surface area contributed by atoms with Crippen LogP contribution in [0.4, 0.5) is 0 Å². The number of carbonyl (C=O) groups excluding carboxylic acids is 1. The van der Waals surface area contributed by atoms with Crippen molar-refractivity contribution < 1.29 is 14.6 Å². The van der Waals surface area contributed by atoms with Crippen LogP contribution < -0.4 is 4.74 Å². The molecule has 1 atom stereocenters. The summed E-state index contributed by atoms with van der Waals surface area (Å²) in [6.45, 7) is 3.80. The van der Waals surface area contributed by atoms with Crippen molar-refractivity contribution in [2.24, 2.45) is 5.92 Å². The summed E-state index contributed by atoms with van der Waals surface area (Å²) in [6.07, 6.45) is 2.17. The molecular weight excluding hydrogens is 254 g/mol. The van der Waals surface area contributed by atoms with Crippen molar-refractivity contribution in [3.8, 4) is 5.75 Å². The van der Waals surface area contributed by atoms with Gasteiger partial charge in [-0.15, -0.1) is 0 Å². The smallest absolute Gasteiger partial charge is 0.227 e. The molecule has 0 aliphatic carbocycles. The molecule has 1 unspecified atom stereocenters. The molecule has 1 aliphatic heterocycles. The maximum atomic E-state index is 12.4. The second-order valence-electron chi connectivity index (χ2n) is 5.50. The highest BCUT2D eigenvalue weighted by Gasteiger charge is 2.26. The molecule has 1 fully saturated rings. The maximum absolute atomic E-state index is 12.4. The Morgan fingerprint density at radius 1 is 1.50 bits per heavy atom. The third-order valence-electron chi connectivity index (χ3n) is 3.95. The number of ether oxygens (including phenoxy) is 1. The van der Waals surface area contributed by atoms with Gasteiger partial charge in [-0.05, 0) is 31.7 Å². The highest BCUT2D eigenvalue weighted by molar-refractivity contribution is 5.79. The van der Waals surface area contributed by atoms with Gasteiger partial charge in [-0.25, -0.2) is 0 Å². The fourth-order valence-electron chi connectivity index (χ4n) is 2.80. The van der Waals surface area contributed by atoms with Crippen molar-refractivity contribution in [3.63, 3.8) is 0 Å². The van der Waals surface area contributed by atoms with E-state index in [0.717, 1.165) is 42.8 Å². The lowest BCUT2D eigenvalue weighted by atomic mass is 10.1. The molecule has 1 aromatic rings. The highest BCUT2D eigenvalue weighted by Crippen LogP contribution is 2.23. The van der Waals surface area contributed by atoms with E-state index in [1.165, 1.54) is 0 Å². The summed E-state index contributed by atoms with van der Waals surface area (Å²) in [5.41, 5.74) is 2.08. The summed E-state index contributed by atoms with van der Waals surface area (Å²) in [5.74, 6) is 1.37. The van der Waals surface area contributed by atoms with Gasteiger partial charge in [0, 0.05) is 25.3 Å². The van der Waals surface area contributed by atoms with Crippen LogP contribution in [-0.2, 0) is 11.2 Å². The number of aliphatic hydroxyl groups is 1. The average molecular weight is 277 g/mol. The number of rotatable bonds is 5. The Balaban J connectivity index is 2.00. The van der Waals surface area contributed by atoms with Crippen molar-refractivity contribution in [2.75, 3.05) is 26.8 Å². The third-order valence-corrected chi connectivity index (χ3v) is 3.95. The standard InChI is InChI=1S/C16H23NO3/c1-12-3-4-15(20-2)14(9-12)10-16(19)17-7-5-13(11-17)6-8-18/h3-4,9,13,18H,5-8,10-11H2,1-2H3. The molecule has 4 nitrogen and oxygen atoms in total. The van der Waals surface area contributed by atoms with Crippen LogP contribution in [0.25, 0.3) is 0 Å². The van der Waals surface area contributed by atoms with Crippen LogP contribution in [0, 0.1) is 12.8 Å². The summed E-state index contributed by atoms with van der Waals surface area (Å²) < 4.78 is 5.32. The van der Waals surface area contributed by atoms with E-state index in [9.17, 15) is 4.79 Å². The molecule has 20 heavy (non-hydrogen) atoms. The highest BCUT2D eigenvalue weighted by atomic mass is 16.5. The number of amides is 1. The van der Waals surface area contributed by atoms with E-state index in [1.807, 2.05) is 30.0 Å². The molecule has 0 aromatic heterocycles. The molecule has 0 radical (unpaired) electrons. The predicted molar refractivity (Wildman–Crippen MR) is 77.8 cm³/mol. The molecule has 1 aromatic carbocycles. The Kier molecular flexibility index (Phi) is 5.01. The Morgan fingerprint density at radius 3 is 3.00 bits per heavy atom. The minimum absolute atomic E-state index is 0.148. The fourth-order valence-corrected chi connectivity index (χ4v) is 2.80. The quantitative estimate of drug-likeness (QED) is 0.892. The molecule has 1 saturated heterocycles. The maximum Gasteiger partial charge on any atom is 0.227 e. The Morgan fingerprint density at radius 2 is 2.30 bits per heavy atom. The second-order valence-corrected chi connectivity index (χ2v) is 5.50. The van der Waals surface area contributed by atoms with Crippen LogP contribution in [0.5, 0.6) is 5.75 Å². The first-order valence-electron chi connectivity index (χ1n) is 7.16. The van der Waals surface area contributed by atoms with Crippen molar-refractivity contribution in [1.29, 1.82) is 0 Å². The van der Waals surface area contributed by atoms with Crippen molar-refractivity contribution >= 4 is 5.91 Å². The van der Waals surface area contributed by atoms with Crippen LogP contribution in [0.15, 0.2) is 18.2 Å². The number of hydrogen-bond donors (Lipinski definition) is 1. The van der Waals surface area contributed by atoms with Crippen molar-refractivity contribution in [2.45, 2.75) is 26.2 Å². The number of hydrogen-bond acceptors (Lipinski definition) is 3. The first-order chi connectivity index (χ1) is 9.63. The van der Waals surface area contributed by atoms with Crippen molar-refractivity contribution in [1.82, 2.24) is 4.90 Å². The van der Waals surface area contributed by atoms with Gasteiger partial charge in [0.1, 0.15) is 5.75 Å². The topological polar surface area (TPSA) is 49.8 Å². The fraction of sp³-hybridized carbons (Fsp3) is 0.562. The monoisotopic (exact) mass is 277 g/mol. The summed E-state index contributed by atoms with van der Waals surface area (Å²) in [7, 11) is 1.63. The van der Waals surface area contributed by atoms with Gasteiger partial charge in [0.15, 0.2) is 0 Å². The lowest BCUT2D eigenvalue weighted by Gasteiger charge is -2.17. The summed E-state index contributed by atoms with van der Waals surface area (Å²) in [5, 5.41) is 8.97. The normalized spacial score (nSPS) is 18.4. The van der Waals surface area contributed by atoms with Gasteiger partial charge in [-0.2, -0.15) is 0 Å². The lowest BCUT2D eigenvalue weighted by molar-refractivity contribution is -0.129. The third kappa shape index (κ3) is 3.51. The number of benzene rings is 1. The number of methoxy groups -OCH3 is 1. The van der Waals surface area contributed by atoms with Gasteiger partial charge in [-0.1, -0.05) is 17.7 Å². The van der Waals surface area contributed by atoms with E-state index in [-0.39, 0.29) is 12.5 Å². The molecule has 4 heteroatoms. The molecule has 1 heterocycles. The molecule has 1 N–H and O–H groups in total. The lowest BCUT2D eigenvalue weighted by Crippen LogP contribution is -2.30. The van der Waals surface area contributed by atoms with Crippen molar-refractivity contribution in [3.05, 3.63) is 29.3 Å². The molecule has 0 bridgehead atoms.